The van der Waals surface area contributed by atoms with Crippen LogP contribution < -0.4 is 15.3 Å². The van der Waals surface area contributed by atoms with Crippen LogP contribution in [0, 0.1) is 11.6 Å². The third-order valence-corrected chi connectivity index (χ3v) is 8.56. The Bertz CT molecular complexity index is 1770. The second-order valence-corrected chi connectivity index (χ2v) is 10.9. The van der Waals surface area contributed by atoms with Crippen molar-refractivity contribution in [1.29, 1.82) is 0 Å². The van der Waals surface area contributed by atoms with Gasteiger partial charge < -0.3 is 14.5 Å². The monoisotopic (exact) mass is 583 g/mol. The third-order valence-electron chi connectivity index (χ3n) is 7.41. The SMILES string of the molecule is C=CC(=O)N1CCN(c2nc(=O)n(-c3scnc3CC)c3c4c(c(Cl)cc23)-c2c(ccc(F)c2F)CO4)[C@@H](C)C1. The number of carbonyl (C=O) groups excluding carboxylic acids is 1. The maximum Gasteiger partial charge on any atom is 0.355 e. The fraction of sp³-hybridized carbons (Fsp3) is 0.286. The molecule has 0 radical (unpaired) electrons. The number of aromatic nitrogens is 3. The van der Waals surface area contributed by atoms with Crippen molar-refractivity contribution in [3.05, 3.63) is 74.8 Å². The Morgan fingerprint density at radius 2 is 2.10 bits per heavy atom. The smallest absolute Gasteiger partial charge is 0.355 e. The van der Waals surface area contributed by atoms with Crippen LogP contribution in [0.2, 0.25) is 5.02 Å². The Kier molecular flexibility index (Phi) is 6.58. The van der Waals surface area contributed by atoms with Gasteiger partial charge in [0.25, 0.3) is 0 Å². The van der Waals surface area contributed by atoms with E-state index in [4.69, 9.17) is 16.3 Å². The van der Waals surface area contributed by atoms with Crippen LogP contribution in [-0.2, 0) is 17.8 Å². The Morgan fingerprint density at radius 3 is 2.83 bits per heavy atom. The second-order valence-electron chi connectivity index (χ2n) is 9.68. The zero-order valence-corrected chi connectivity index (χ0v) is 23.3. The molecule has 12 heteroatoms. The van der Waals surface area contributed by atoms with Gasteiger partial charge in [0.05, 0.1) is 16.2 Å². The van der Waals surface area contributed by atoms with E-state index in [9.17, 15) is 14.0 Å². The van der Waals surface area contributed by atoms with E-state index in [0.29, 0.717) is 59.0 Å². The first-order valence-corrected chi connectivity index (χ1v) is 14.0. The van der Waals surface area contributed by atoms with Crippen LogP contribution in [0.3, 0.4) is 0 Å². The largest absolute Gasteiger partial charge is 0.486 e. The van der Waals surface area contributed by atoms with Crippen LogP contribution in [-0.4, -0.2) is 51.0 Å². The molecule has 1 saturated heterocycles. The lowest BCUT2D eigenvalue weighted by atomic mass is 9.94. The normalized spacial score (nSPS) is 16.5. The molecule has 0 unspecified atom stereocenters. The van der Waals surface area contributed by atoms with E-state index in [0.717, 1.165) is 6.07 Å². The van der Waals surface area contributed by atoms with Crippen molar-refractivity contribution in [2.45, 2.75) is 32.9 Å². The summed E-state index contributed by atoms with van der Waals surface area (Å²) in [6.45, 7) is 8.61. The molecule has 0 aliphatic carbocycles. The fourth-order valence-corrected chi connectivity index (χ4v) is 6.68. The van der Waals surface area contributed by atoms with Crippen molar-refractivity contribution < 1.29 is 18.3 Å². The van der Waals surface area contributed by atoms with Gasteiger partial charge in [-0.05, 0) is 31.6 Å². The van der Waals surface area contributed by atoms with Gasteiger partial charge in [0, 0.05) is 47.8 Å². The Labute approximate surface area is 237 Å². The topological polar surface area (TPSA) is 80.6 Å². The maximum absolute atomic E-state index is 15.2. The molecule has 2 aromatic carbocycles. The van der Waals surface area contributed by atoms with Gasteiger partial charge in [0.15, 0.2) is 17.4 Å². The van der Waals surface area contributed by atoms with Gasteiger partial charge in [-0.1, -0.05) is 31.2 Å². The minimum atomic E-state index is -1.03. The van der Waals surface area contributed by atoms with Crippen LogP contribution in [0.1, 0.15) is 25.1 Å². The molecule has 2 aliphatic rings. The first-order chi connectivity index (χ1) is 19.2. The lowest BCUT2D eigenvalue weighted by Gasteiger charge is -2.40. The lowest BCUT2D eigenvalue weighted by Crippen LogP contribution is -2.54. The number of hydrogen-bond acceptors (Lipinski definition) is 7. The number of anilines is 1. The summed E-state index contributed by atoms with van der Waals surface area (Å²) >= 11 is 8.08. The molecule has 0 saturated carbocycles. The molecule has 1 amide bonds. The van der Waals surface area contributed by atoms with Gasteiger partial charge in [-0.25, -0.2) is 23.1 Å². The number of amides is 1. The summed E-state index contributed by atoms with van der Waals surface area (Å²) < 4.78 is 37.2. The summed E-state index contributed by atoms with van der Waals surface area (Å²) in [4.78, 5) is 38.6. The fourth-order valence-electron chi connectivity index (χ4n) is 5.51. The molecule has 0 spiro atoms. The van der Waals surface area contributed by atoms with E-state index in [1.807, 2.05) is 18.7 Å². The summed E-state index contributed by atoms with van der Waals surface area (Å²) in [7, 11) is 0. The number of aryl methyl sites for hydroxylation is 1. The number of ether oxygens (including phenoxy) is 1. The molecule has 1 fully saturated rings. The van der Waals surface area contributed by atoms with Crippen LogP contribution >= 0.6 is 22.9 Å². The minimum Gasteiger partial charge on any atom is -0.486 e. The molecule has 4 aromatic rings. The van der Waals surface area contributed by atoms with Crippen LogP contribution in [0.4, 0.5) is 14.6 Å². The summed E-state index contributed by atoms with van der Waals surface area (Å²) in [5.41, 5.74) is 2.73. The van der Waals surface area contributed by atoms with E-state index in [2.05, 4.69) is 16.5 Å². The molecular weight excluding hydrogens is 560 g/mol. The predicted octanol–water partition coefficient (Wildman–Crippen LogP) is 5.12. The van der Waals surface area contributed by atoms with Crippen LogP contribution in [0.15, 0.2) is 41.2 Å². The lowest BCUT2D eigenvalue weighted by molar-refractivity contribution is -0.126. The quantitative estimate of drug-likeness (QED) is 0.310. The van der Waals surface area contributed by atoms with Crippen LogP contribution in [0.25, 0.3) is 27.0 Å². The number of piperazine rings is 1. The molecular formula is C28H24ClF2N5O3S. The predicted molar refractivity (Wildman–Crippen MR) is 151 cm³/mol. The van der Waals surface area contributed by atoms with Gasteiger partial charge in [0.1, 0.15) is 22.9 Å². The van der Waals surface area contributed by atoms with Crippen molar-refractivity contribution in [3.63, 3.8) is 0 Å². The second kappa shape index (κ2) is 9.97. The molecule has 4 heterocycles. The molecule has 2 aromatic heterocycles. The third kappa shape index (κ3) is 3.98. The first kappa shape index (κ1) is 26.4. The highest BCUT2D eigenvalue weighted by Crippen LogP contribution is 2.49. The van der Waals surface area contributed by atoms with Gasteiger partial charge in [0.2, 0.25) is 5.91 Å². The molecule has 0 bridgehead atoms. The number of halogens is 3. The number of carbonyl (C=O) groups is 1. The molecule has 40 heavy (non-hydrogen) atoms. The molecule has 206 valence electrons. The highest BCUT2D eigenvalue weighted by atomic mass is 35.5. The average molecular weight is 584 g/mol. The highest BCUT2D eigenvalue weighted by Gasteiger charge is 2.34. The maximum atomic E-state index is 15.2. The summed E-state index contributed by atoms with van der Waals surface area (Å²) in [5.74, 6) is -1.67. The molecule has 2 aliphatic heterocycles. The number of fused-ring (bicyclic) bond motifs is 5. The van der Waals surface area contributed by atoms with E-state index >= 15 is 4.39 Å². The van der Waals surface area contributed by atoms with E-state index in [1.54, 1.807) is 16.5 Å². The number of nitrogens with zero attached hydrogens (tertiary/aromatic N) is 5. The zero-order chi connectivity index (χ0) is 28.3. The van der Waals surface area contributed by atoms with Gasteiger partial charge >= 0.3 is 5.69 Å². The standard InChI is InChI=1S/C28H24ClF2N5O3S/c1-4-19-27(40-13-32-19)36-24-16(26(33-28(36)38)35-9-8-34(11-14(35)3)20(37)5-2)10-17(29)22-21-15(12-39-25(22)24)6-7-18(30)23(21)31/h5-7,10,13-14H,2,4,8-9,11-12H2,1,3H3/t14-/m0/s1. The Balaban J connectivity index is 1.66. The average Bonchev–Trinajstić information content (AvgIpc) is 3.42. The molecule has 6 rings (SSSR count). The Hall–Kier alpha value is -3.83. The van der Waals surface area contributed by atoms with Crippen molar-refractivity contribution in [3.8, 4) is 21.9 Å². The zero-order valence-electron chi connectivity index (χ0n) is 21.7. The number of rotatable bonds is 4. The van der Waals surface area contributed by atoms with E-state index in [1.165, 1.54) is 28.0 Å². The molecule has 8 nitrogen and oxygen atoms in total. The van der Waals surface area contributed by atoms with Crippen molar-refractivity contribution in [2.24, 2.45) is 0 Å². The van der Waals surface area contributed by atoms with Gasteiger partial charge in [-0.3, -0.25) is 4.79 Å². The number of hydrogen-bond donors (Lipinski definition) is 0. The van der Waals surface area contributed by atoms with Crippen LogP contribution in [0.5, 0.6) is 5.75 Å². The Morgan fingerprint density at radius 1 is 1.30 bits per heavy atom. The van der Waals surface area contributed by atoms with Crippen molar-refractivity contribution >= 4 is 45.6 Å². The minimum absolute atomic E-state index is 0.00968. The van der Waals surface area contributed by atoms with Gasteiger partial charge in [-0.15, -0.1) is 11.3 Å². The highest BCUT2D eigenvalue weighted by molar-refractivity contribution is 7.12. The number of thiazole rings is 1. The molecule has 0 N–H and O–H groups in total. The summed E-state index contributed by atoms with van der Waals surface area (Å²) in [6.07, 6.45) is 1.84. The van der Waals surface area contributed by atoms with Crippen molar-refractivity contribution in [1.82, 2.24) is 19.4 Å². The summed E-state index contributed by atoms with van der Waals surface area (Å²) in [5, 5.41) is 1.20. The first-order valence-electron chi connectivity index (χ1n) is 12.7. The van der Waals surface area contributed by atoms with Gasteiger partial charge in [-0.2, -0.15) is 4.98 Å². The van der Waals surface area contributed by atoms with E-state index < -0.39 is 17.3 Å². The van der Waals surface area contributed by atoms with Crippen molar-refractivity contribution in [2.75, 3.05) is 24.5 Å². The number of benzene rings is 2. The summed E-state index contributed by atoms with van der Waals surface area (Å²) in [6, 6.07) is 3.95. The van der Waals surface area contributed by atoms with E-state index in [-0.39, 0.29) is 40.5 Å². The molecule has 1 atom stereocenters.